The van der Waals surface area contributed by atoms with Crippen molar-refractivity contribution in [2.45, 2.75) is 53.2 Å². The summed E-state index contributed by atoms with van der Waals surface area (Å²) < 4.78 is 7.80. The number of aryl methyl sites for hydroxylation is 4. The number of hydrogen-bond donors (Lipinski definition) is 2. The third-order valence-corrected chi connectivity index (χ3v) is 4.71. The van der Waals surface area contributed by atoms with E-state index in [9.17, 15) is 0 Å². The highest BCUT2D eigenvalue weighted by Crippen LogP contribution is 2.08. The predicted octanol–water partition coefficient (Wildman–Crippen LogP) is 3.99. The number of nitrogens with one attached hydrogen (secondary N) is 2. The lowest BCUT2D eigenvalue weighted by molar-refractivity contribution is 0.463. The van der Waals surface area contributed by atoms with Crippen molar-refractivity contribution < 1.29 is 4.42 Å². The number of aromatic nitrogens is 3. The number of aliphatic imine (C=N–C) groups is 1. The van der Waals surface area contributed by atoms with Crippen molar-refractivity contribution in [2.75, 3.05) is 6.54 Å². The van der Waals surface area contributed by atoms with E-state index in [1.54, 1.807) is 0 Å². The second kappa shape index (κ2) is 12.4. The third-order valence-electron chi connectivity index (χ3n) is 4.71. The molecule has 0 aliphatic carbocycles. The second-order valence-corrected chi connectivity index (χ2v) is 6.92. The molecule has 0 atom stereocenters. The molecule has 0 radical (unpaired) electrons. The van der Waals surface area contributed by atoms with E-state index in [1.807, 2.05) is 33.2 Å². The first-order chi connectivity index (χ1) is 14.2. The van der Waals surface area contributed by atoms with Crippen LogP contribution in [0.25, 0.3) is 0 Å². The first-order valence-electron chi connectivity index (χ1n) is 10.1. The fourth-order valence-electron chi connectivity index (χ4n) is 3.06. The molecule has 0 bridgehead atoms. The van der Waals surface area contributed by atoms with Gasteiger partial charge in [-0.2, -0.15) is 0 Å². The van der Waals surface area contributed by atoms with Crippen LogP contribution in [-0.2, 0) is 26.1 Å². The quantitative estimate of drug-likeness (QED) is 0.253. The van der Waals surface area contributed by atoms with Gasteiger partial charge in [-0.05, 0) is 39.2 Å². The average Bonchev–Trinajstić information content (AvgIpc) is 3.30. The lowest BCUT2D eigenvalue weighted by atomic mass is 10.1. The van der Waals surface area contributed by atoms with Gasteiger partial charge < -0.3 is 19.6 Å². The molecule has 162 valence electrons. The van der Waals surface area contributed by atoms with Crippen molar-refractivity contribution in [3.05, 3.63) is 71.5 Å². The minimum atomic E-state index is 0. The lowest BCUT2D eigenvalue weighted by Gasteiger charge is -2.10. The smallest absolute Gasteiger partial charge is 0.214 e. The Hall–Kier alpha value is -2.36. The summed E-state index contributed by atoms with van der Waals surface area (Å²) in [4.78, 5) is 13.5. The Morgan fingerprint density at radius 1 is 1.17 bits per heavy atom. The van der Waals surface area contributed by atoms with E-state index < -0.39 is 0 Å². The van der Waals surface area contributed by atoms with Gasteiger partial charge in [-0.25, -0.2) is 15.0 Å². The first kappa shape index (κ1) is 23.9. The van der Waals surface area contributed by atoms with Crippen LogP contribution in [0.1, 0.15) is 42.1 Å². The topological polar surface area (TPSA) is 80.3 Å². The SMILES string of the molecule is CCNC(=NCc1nccn1CCCc1ccccc1)NCc1nc(C)c(C)o1.I. The summed E-state index contributed by atoms with van der Waals surface area (Å²) in [6.07, 6.45) is 5.99. The molecule has 3 rings (SSSR count). The maximum absolute atomic E-state index is 5.62. The molecule has 0 aliphatic rings. The molecule has 2 aromatic heterocycles. The van der Waals surface area contributed by atoms with E-state index in [-0.39, 0.29) is 24.0 Å². The molecule has 7 nitrogen and oxygen atoms in total. The Labute approximate surface area is 195 Å². The van der Waals surface area contributed by atoms with Crippen LogP contribution in [0, 0.1) is 13.8 Å². The van der Waals surface area contributed by atoms with Gasteiger partial charge in [0.2, 0.25) is 5.89 Å². The zero-order chi connectivity index (χ0) is 20.5. The standard InChI is InChI=1S/C22H30N6O.HI/c1-4-23-22(26-16-21-27-17(2)18(3)29-21)25-15-20-24-12-14-28(20)13-8-11-19-9-6-5-7-10-19;/h5-7,9-10,12,14H,4,8,11,13,15-16H2,1-3H3,(H2,23,25,26);1H. The molecule has 0 amide bonds. The maximum atomic E-state index is 5.62. The molecule has 2 heterocycles. The van der Waals surface area contributed by atoms with E-state index in [4.69, 9.17) is 4.42 Å². The Balaban J connectivity index is 0.00000320. The molecule has 8 heteroatoms. The third kappa shape index (κ3) is 7.16. The molecule has 30 heavy (non-hydrogen) atoms. The van der Waals surface area contributed by atoms with Crippen molar-refractivity contribution in [1.29, 1.82) is 0 Å². The Morgan fingerprint density at radius 3 is 2.67 bits per heavy atom. The van der Waals surface area contributed by atoms with Crippen LogP contribution in [-0.4, -0.2) is 27.0 Å². The van der Waals surface area contributed by atoms with E-state index in [0.717, 1.165) is 49.2 Å². The summed E-state index contributed by atoms with van der Waals surface area (Å²) in [5.74, 6) is 3.19. The van der Waals surface area contributed by atoms with Crippen LogP contribution in [0.5, 0.6) is 0 Å². The highest BCUT2D eigenvalue weighted by Gasteiger charge is 2.07. The van der Waals surface area contributed by atoms with E-state index >= 15 is 0 Å². The van der Waals surface area contributed by atoms with Crippen molar-refractivity contribution in [3.63, 3.8) is 0 Å². The van der Waals surface area contributed by atoms with Gasteiger partial charge in [0, 0.05) is 25.5 Å². The summed E-state index contributed by atoms with van der Waals surface area (Å²) in [6.45, 7) is 8.62. The van der Waals surface area contributed by atoms with Gasteiger partial charge in [-0.1, -0.05) is 30.3 Å². The van der Waals surface area contributed by atoms with E-state index in [0.29, 0.717) is 19.0 Å². The number of nitrogens with zero attached hydrogens (tertiary/aromatic N) is 4. The van der Waals surface area contributed by atoms with Crippen LogP contribution in [0.4, 0.5) is 0 Å². The zero-order valence-corrected chi connectivity index (χ0v) is 20.2. The number of hydrogen-bond acceptors (Lipinski definition) is 4. The van der Waals surface area contributed by atoms with E-state index in [2.05, 4.69) is 60.5 Å². The number of halogens is 1. The number of rotatable bonds is 9. The van der Waals surface area contributed by atoms with Gasteiger partial charge in [-0.15, -0.1) is 24.0 Å². The average molecular weight is 522 g/mol. The number of oxazole rings is 1. The molecule has 0 saturated carbocycles. The highest BCUT2D eigenvalue weighted by molar-refractivity contribution is 14.0. The van der Waals surface area contributed by atoms with Crippen LogP contribution in [0.3, 0.4) is 0 Å². The first-order valence-corrected chi connectivity index (χ1v) is 10.1. The Morgan fingerprint density at radius 2 is 1.97 bits per heavy atom. The maximum Gasteiger partial charge on any atom is 0.214 e. The van der Waals surface area contributed by atoms with Crippen LogP contribution in [0.2, 0.25) is 0 Å². The summed E-state index contributed by atoms with van der Waals surface area (Å²) in [6, 6.07) is 10.6. The summed E-state index contributed by atoms with van der Waals surface area (Å²) in [5, 5.41) is 6.52. The molecule has 0 unspecified atom stereocenters. The number of benzene rings is 1. The minimum absolute atomic E-state index is 0. The van der Waals surface area contributed by atoms with Gasteiger partial charge in [0.25, 0.3) is 0 Å². The van der Waals surface area contributed by atoms with Crippen molar-refractivity contribution in [1.82, 2.24) is 25.2 Å². The fraction of sp³-hybridized carbons (Fsp3) is 0.409. The van der Waals surface area contributed by atoms with Crippen molar-refractivity contribution in [2.24, 2.45) is 4.99 Å². The molecule has 0 spiro atoms. The molecule has 2 N–H and O–H groups in total. The van der Waals surface area contributed by atoms with Crippen LogP contribution < -0.4 is 10.6 Å². The van der Waals surface area contributed by atoms with Crippen LogP contribution in [0.15, 0.2) is 52.1 Å². The summed E-state index contributed by atoms with van der Waals surface area (Å²) >= 11 is 0. The van der Waals surface area contributed by atoms with Gasteiger partial charge in [0.1, 0.15) is 18.1 Å². The molecule has 0 aliphatic heterocycles. The zero-order valence-electron chi connectivity index (χ0n) is 17.9. The van der Waals surface area contributed by atoms with Crippen LogP contribution >= 0.6 is 24.0 Å². The Bertz CT molecular complexity index is 899. The van der Waals surface area contributed by atoms with Crippen molar-refractivity contribution in [3.8, 4) is 0 Å². The second-order valence-electron chi connectivity index (χ2n) is 6.92. The number of guanidine groups is 1. The van der Waals surface area contributed by atoms with Gasteiger partial charge in [0.15, 0.2) is 5.96 Å². The Kier molecular flexibility index (Phi) is 9.85. The van der Waals surface area contributed by atoms with Gasteiger partial charge >= 0.3 is 0 Å². The highest BCUT2D eigenvalue weighted by atomic mass is 127. The van der Waals surface area contributed by atoms with Crippen molar-refractivity contribution >= 4 is 29.9 Å². The van der Waals surface area contributed by atoms with E-state index in [1.165, 1.54) is 5.56 Å². The van der Waals surface area contributed by atoms with Gasteiger partial charge in [0.05, 0.1) is 12.2 Å². The molecular formula is C22H31IN6O. The normalized spacial score (nSPS) is 11.2. The number of imidazole rings is 1. The van der Waals surface area contributed by atoms with Gasteiger partial charge in [-0.3, -0.25) is 0 Å². The minimum Gasteiger partial charge on any atom is -0.444 e. The molecule has 1 aromatic carbocycles. The molecule has 0 saturated heterocycles. The summed E-state index contributed by atoms with van der Waals surface area (Å²) in [7, 11) is 0. The predicted molar refractivity (Wildman–Crippen MR) is 130 cm³/mol. The molecule has 3 aromatic rings. The largest absolute Gasteiger partial charge is 0.444 e. The lowest BCUT2D eigenvalue weighted by Crippen LogP contribution is -2.37. The fourth-order valence-corrected chi connectivity index (χ4v) is 3.06. The molecule has 0 fully saturated rings. The molecular weight excluding hydrogens is 491 g/mol. The monoisotopic (exact) mass is 522 g/mol. The summed E-state index contributed by atoms with van der Waals surface area (Å²) in [5.41, 5.74) is 2.28.